The lowest BCUT2D eigenvalue weighted by Crippen LogP contribution is -1.99. The van der Waals surface area contributed by atoms with Crippen molar-refractivity contribution in [2.75, 3.05) is 0 Å². The Labute approximate surface area is 59.1 Å². The molecular formula is C2H3NO4S2. The van der Waals surface area contributed by atoms with Gasteiger partial charge in [-0.05, 0) is 0 Å². The minimum absolute atomic E-state index is 0.308. The van der Waals surface area contributed by atoms with Gasteiger partial charge < -0.3 is 10.2 Å². The van der Waals surface area contributed by atoms with E-state index in [0.717, 1.165) is 0 Å². The number of carboxylic acid groups (broad SMARTS) is 2. The van der Waals surface area contributed by atoms with Crippen LogP contribution in [0.5, 0.6) is 0 Å². The summed E-state index contributed by atoms with van der Waals surface area (Å²) in [5.74, 6) is 0. The van der Waals surface area contributed by atoms with Gasteiger partial charge in [-0.15, -0.1) is 0 Å². The van der Waals surface area contributed by atoms with Crippen molar-refractivity contribution in [2.45, 2.75) is 0 Å². The molecule has 0 heterocycles. The molecular weight excluding hydrogens is 166 g/mol. The molecule has 0 amide bonds. The summed E-state index contributed by atoms with van der Waals surface area (Å²) in [5, 5.41) is 13.5. The second-order valence-corrected chi connectivity index (χ2v) is 2.59. The third-order valence-electron chi connectivity index (χ3n) is 0.258. The summed E-state index contributed by atoms with van der Waals surface area (Å²) in [7, 11) is 0. The molecule has 0 bridgehead atoms. The van der Waals surface area contributed by atoms with Gasteiger partial charge in [0.2, 0.25) is 0 Å². The van der Waals surface area contributed by atoms with Crippen molar-refractivity contribution >= 4 is 34.5 Å². The van der Waals surface area contributed by atoms with Gasteiger partial charge in [0.25, 0.3) is 0 Å². The standard InChI is InChI=1S/C2H3NO4S2/c4-1(5)8-3-9-2(6)7/h3H,(H,4,5)(H,6,7). The van der Waals surface area contributed by atoms with Gasteiger partial charge in [-0.2, -0.15) is 4.13 Å². The van der Waals surface area contributed by atoms with E-state index in [1.54, 1.807) is 0 Å². The highest BCUT2D eigenvalue weighted by molar-refractivity contribution is 8.25. The van der Waals surface area contributed by atoms with Gasteiger partial charge in [0, 0.05) is 0 Å². The molecule has 0 rings (SSSR count). The summed E-state index contributed by atoms with van der Waals surface area (Å²) in [6, 6.07) is 0. The molecule has 3 N–H and O–H groups in total. The third kappa shape index (κ3) is 7.60. The molecule has 0 aliphatic heterocycles. The summed E-state index contributed by atoms with van der Waals surface area (Å²) in [5.41, 5.74) is 0. The van der Waals surface area contributed by atoms with Crippen molar-refractivity contribution in [1.29, 1.82) is 0 Å². The summed E-state index contributed by atoms with van der Waals surface area (Å²) in [6.07, 6.45) is 0. The van der Waals surface area contributed by atoms with Gasteiger partial charge in [0.1, 0.15) is 0 Å². The number of hydrogen-bond acceptors (Lipinski definition) is 5. The first kappa shape index (κ1) is 8.60. The lowest BCUT2D eigenvalue weighted by molar-refractivity contribution is 0.221. The number of hydrogen-bond donors (Lipinski definition) is 3. The zero-order valence-electron chi connectivity index (χ0n) is 4.03. The molecule has 0 aromatic carbocycles. The fourth-order valence-electron chi connectivity index (χ4n) is 0.0921. The molecule has 0 saturated carbocycles. The smallest absolute Gasteiger partial charge is 0.380 e. The van der Waals surface area contributed by atoms with Gasteiger partial charge in [0.15, 0.2) is 0 Å². The van der Waals surface area contributed by atoms with Crippen molar-refractivity contribution < 1.29 is 19.8 Å². The Bertz CT molecular complexity index is 112. The summed E-state index contributed by atoms with van der Waals surface area (Å²) in [6.45, 7) is 0. The maximum Gasteiger partial charge on any atom is 0.380 e. The third-order valence-corrected chi connectivity index (χ3v) is 1.27. The average molecular weight is 169 g/mol. The van der Waals surface area contributed by atoms with Gasteiger partial charge in [-0.1, -0.05) is 0 Å². The molecule has 0 unspecified atom stereocenters. The number of nitrogens with one attached hydrogen (secondary N) is 1. The van der Waals surface area contributed by atoms with E-state index < -0.39 is 10.6 Å². The van der Waals surface area contributed by atoms with Gasteiger partial charge in [-0.3, -0.25) is 0 Å². The molecule has 0 saturated heterocycles. The Morgan fingerprint density at radius 3 is 1.67 bits per heavy atom. The van der Waals surface area contributed by atoms with E-state index in [2.05, 4.69) is 0 Å². The van der Waals surface area contributed by atoms with Crippen LogP contribution in [0, 0.1) is 0 Å². The van der Waals surface area contributed by atoms with E-state index in [4.69, 9.17) is 10.2 Å². The molecule has 0 aliphatic carbocycles. The lowest BCUT2D eigenvalue weighted by Gasteiger charge is -1.90. The average Bonchev–Trinajstić information content (AvgIpc) is 1.63. The molecule has 7 heteroatoms. The Balaban J connectivity index is 3.10. The van der Waals surface area contributed by atoms with Crippen LogP contribution in [0.25, 0.3) is 0 Å². The van der Waals surface area contributed by atoms with Crippen molar-refractivity contribution in [3.05, 3.63) is 0 Å². The maximum absolute atomic E-state index is 9.67. The molecule has 0 atom stereocenters. The van der Waals surface area contributed by atoms with Crippen LogP contribution in [0.15, 0.2) is 0 Å². The lowest BCUT2D eigenvalue weighted by atomic mass is 11.6. The Kier molecular flexibility index (Phi) is 4.28. The van der Waals surface area contributed by atoms with E-state index in [0.29, 0.717) is 23.9 Å². The van der Waals surface area contributed by atoms with Gasteiger partial charge in [0.05, 0.1) is 23.9 Å². The zero-order chi connectivity index (χ0) is 7.28. The van der Waals surface area contributed by atoms with Crippen LogP contribution in [0.3, 0.4) is 0 Å². The van der Waals surface area contributed by atoms with Crippen LogP contribution >= 0.6 is 23.9 Å². The first-order valence-corrected chi connectivity index (χ1v) is 3.30. The van der Waals surface area contributed by atoms with Crippen LogP contribution < -0.4 is 4.13 Å². The first-order chi connectivity index (χ1) is 4.13. The molecule has 5 nitrogen and oxygen atoms in total. The maximum atomic E-state index is 9.67. The molecule has 0 aromatic rings. The molecule has 9 heavy (non-hydrogen) atoms. The van der Waals surface area contributed by atoms with E-state index in [1.807, 2.05) is 4.13 Å². The van der Waals surface area contributed by atoms with Crippen LogP contribution in [0.1, 0.15) is 0 Å². The van der Waals surface area contributed by atoms with Crippen LogP contribution in [0.2, 0.25) is 0 Å². The zero-order valence-corrected chi connectivity index (χ0v) is 5.66. The predicted molar refractivity (Wildman–Crippen MR) is 34.4 cm³/mol. The molecule has 0 fully saturated rings. The normalized spacial score (nSPS) is 8.89. The summed E-state index contributed by atoms with van der Waals surface area (Å²) >= 11 is 0.617. The van der Waals surface area contributed by atoms with E-state index in [9.17, 15) is 9.59 Å². The minimum atomic E-state index is -1.16. The molecule has 0 aliphatic rings. The van der Waals surface area contributed by atoms with Crippen LogP contribution in [0.4, 0.5) is 9.59 Å². The minimum Gasteiger partial charge on any atom is -0.472 e. The Morgan fingerprint density at radius 2 is 1.44 bits per heavy atom. The van der Waals surface area contributed by atoms with E-state index >= 15 is 0 Å². The number of carbonyl (C=O) groups is 2. The monoisotopic (exact) mass is 169 g/mol. The fourth-order valence-corrected chi connectivity index (χ4v) is 0.829. The predicted octanol–water partition coefficient (Wildman–Crippen LogP) is 1.23. The van der Waals surface area contributed by atoms with Gasteiger partial charge >= 0.3 is 10.6 Å². The highest BCUT2D eigenvalue weighted by Crippen LogP contribution is 2.03. The van der Waals surface area contributed by atoms with Crippen LogP contribution in [-0.4, -0.2) is 20.8 Å². The quantitative estimate of drug-likeness (QED) is 0.536. The molecule has 0 radical (unpaired) electrons. The molecule has 52 valence electrons. The summed E-state index contributed by atoms with van der Waals surface area (Å²) in [4.78, 5) is 19.3. The molecule has 0 aromatic heterocycles. The van der Waals surface area contributed by atoms with Crippen molar-refractivity contribution in [3.63, 3.8) is 0 Å². The highest BCUT2D eigenvalue weighted by atomic mass is 32.2. The van der Waals surface area contributed by atoms with E-state index in [1.165, 1.54) is 0 Å². The second kappa shape index (κ2) is 4.48. The van der Waals surface area contributed by atoms with Crippen LogP contribution in [-0.2, 0) is 0 Å². The summed E-state index contributed by atoms with van der Waals surface area (Å²) < 4.78 is 2.02. The SMILES string of the molecule is O=C(O)SNSC(=O)O. The highest BCUT2D eigenvalue weighted by Gasteiger charge is 1.99. The fraction of sp³-hybridized carbons (Fsp3) is 0. The van der Waals surface area contributed by atoms with Crippen molar-refractivity contribution in [2.24, 2.45) is 0 Å². The first-order valence-electron chi connectivity index (χ1n) is 1.67. The number of rotatable bonds is 2. The van der Waals surface area contributed by atoms with E-state index in [-0.39, 0.29) is 0 Å². The van der Waals surface area contributed by atoms with Crippen molar-refractivity contribution in [3.8, 4) is 0 Å². The van der Waals surface area contributed by atoms with Crippen molar-refractivity contribution in [1.82, 2.24) is 4.13 Å². The topological polar surface area (TPSA) is 86.6 Å². The van der Waals surface area contributed by atoms with Gasteiger partial charge in [-0.25, -0.2) is 9.59 Å². The Hall–Kier alpha value is -0.400. The molecule has 0 spiro atoms. The second-order valence-electron chi connectivity index (χ2n) is 0.819. The Morgan fingerprint density at radius 1 is 1.11 bits per heavy atom. The largest absolute Gasteiger partial charge is 0.472 e.